The van der Waals surface area contributed by atoms with E-state index in [1.807, 2.05) is 13.0 Å². The molecule has 0 saturated heterocycles. The van der Waals surface area contributed by atoms with Gasteiger partial charge in [-0.2, -0.15) is 0 Å². The quantitative estimate of drug-likeness (QED) is 0.809. The van der Waals surface area contributed by atoms with Crippen molar-refractivity contribution in [2.45, 2.75) is 33.9 Å². The smallest absolute Gasteiger partial charge is 0.133 e. The molecular formula is C16H23N3O2. The molecule has 5 nitrogen and oxygen atoms in total. The lowest BCUT2D eigenvalue weighted by Gasteiger charge is -2.24. The van der Waals surface area contributed by atoms with Crippen molar-refractivity contribution >= 4 is 0 Å². The van der Waals surface area contributed by atoms with Gasteiger partial charge in [-0.25, -0.2) is 4.63 Å². The Morgan fingerprint density at radius 3 is 2.62 bits per heavy atom. The number of hydrogen-bond donors (Lipinski definition) is 1. The van der Waals surface area contributed by atoms with E-state index in [0.29, 0.717) is 13.2 Å². The molecule has 0 aliphatic rings. The third-order valence-corrected chi connectivity index (χ3v) is 3.25. The van der Waals surface area contributed by atoms with Crippen LogP contribution in [0, 0.1) is 12.3 Å². The fourth-order valence-electron chi connectivity index (χ4n) is 2.00. The molecule has 1 aromatic heterocycles. The monoisotopic (exact) mass is 289 g/mol. The van der Waals surface area contributed by atoms with Crippen LogP contribution in [-0.4, -0.2) is 23.5 Å². The van der Waals surface area contributed by atoms with E-state index in [1.54, 1.807) is 0 Å². The number of rotatable bonds is 8. The van der Waals surface area contributed by atoms with E-state index in [-0.39, 0.29) is 5.41 Å². The van der Waals surface area contributed by atoms with Crippen molar-refractivity contribution in [2.75, 3.05) is 13.2 Å². The highest BCUT2D eigenvalue weighted by Crippen LogP contribution is 2.15. The van der Waals surface area contributed by atoms with E-state index in [0.717, 1.165) is 24.5 Å². The molecule has 0 radical (unpaired) electrons. The second-order valence-corrected chi connectivity index (χ2v) is 6.04. The first-order chi connectivity index (χ1) is 10.1. The highest BCUT2D eigenvalue weighted by atomic mass is 16.6. The lowest BCUT2D eigenvalue weighted by atomic mass is 9.95. The number of nitrogens with zero attached hydrogens (tertiary/aromatic N) is 2. The summed E-state index contributed by atoms with van der Waals surface area (Å²) in [5, 5.41) is 11.0. The van der Waals surface area contributed by atoms with Crippen molar-refractivity contribution in [1.29, 1.82) is 0 Å². The minimum absolute atomic E-state index is 0.0554. The van der Waals surface area contributed by atoms with Crippen LogP contribution in [0.2, 0.25) is 0 Å². The Morgan fingerprint density at radius 2 is 1.95 bits per heavy atom. The number of nitrogens with one attached hydrogen (secondary N) is 1. The summed E-state index contributed by atoms with van der Waals surface area (Å²) in [6.07, 6.45) is 0. The van der Waals surface area contributed by atoms with Crippen LogP contribution < -0.4 is 5.32 Å². The molecule has 0 aliphatic carbocycles. The summed E-state index contributed by atoms with van der Waals surface area (Å²) in [4.78, 5) is 0. The summed E-state index contributed by atoms with van der Waals surface area (Å²) < 4.78 is 10.4. The van der Waals surface area contributed by atoms with Crippen molar-refractivity contribution in [2.24, 2.45) is 5.41 Å². The topological polar surface area (TPSA) is 60.2 Å². The lowest BCUT2D eigenvalue weighted by Crippen LogP contribution is -2.33. The van der Waals surface area contributed by atoms with Gasteiger partial charge in [-0.15, -0.1) is 0 Å². The van der Waals surface area contributed by atoms with Crippen molar-refractivity contribution in [3.05, 3.63) is 47.3 Å². The average molecular weight is 289 g/mol. The van der Waals surface area contributed by atoms with Gasteiger partial charge in [0.15, 0.2) is 0 Å². The summed E-state index contributed by atoms with van der Waals surface area (Å²) in [6, 6.07) is 10.4. The molecule has 0 atom stereocenters. The number of aryl methyl sites for hydroxylation is 1. The fourth-order valence-corrected chi connectivity index (χ4v) is 2.00. The molecule has 1 heterocycles. The normalized spacial score (nSPS) is 11.8. The van der Waals surface area contributed by atoms with Gasteiger partial charge >= 0.3 is 0 Å². The van der Waals surface area contributed by atoms with Gasteiger partial charge in [0.25, 0.3) is 0 Å². The Morgan fingerprint density at radius 1 is 1.19 bits per heavy atom. The maximum absolute atomic E-state index is 5.72. The molecule has 0 unspecified atom stereocenters. The standard InChI is InChI=1S/C16H23N3O2/c1-13-15(19-21-18-13)10-20-12-16(2,3)11-17-9-14-7-5-4-6-8-14/h4-8,17H,9-12H2,1-3H3. The summed E-state index contributed by atoms with van der Waals surface area (Å²) in [7, 11) is 0. The van der Waals surface area contributed by atoms with Crippen molar-refractivity contribution in [3.63, 3.8) is 0 Å². The van der Waals surface area contributed by atoms with Crippen LogP contribution >= 0.6 is 0 Å². The first-order valence-electron chi connectivity index (χ1n) is 7.17. The van der Waals surface area contributed by atoms with Gasteiger partial charge in [-0.3, -0.25) is 0 Å². The molecule has 2 aromatic rings. The maximum atomic E-state index is 5.72. The predicted octanol–water partition coefficient (Wildman–Crippen LogP) is 2.71. The van der Waals surface area contributed by atoms with Gasteiger partial charge in [-0.05, 0) is 12.5 Å². The first kappa shape index (κ1) is 15.7. The highest BCUT2D eigenvalue weighted by Gasteiger charge is 2.18. The zero-order chi connectivity index (χ0) is 15.1. The average Bonchev–Trinajstić information content (AvgIpc) is 2.85. The van der Waals surface area contributed by atoms with Crippen LogP contribution in [-0.2, 0) is 17.9 Å². The lowest BCUT2D eigenvalue weighted by molar-refractivity contribution is 0.0478. The van der Waals surface area contributed by atoms with Crippen LogP contribution in [0.5, 0.6) is 0 Å². The molecule has 1 aromatic carbocycles. The minimum Gasteiger partial charge on any atom is -0.374 e. The van der Waals surface area contributed by atoms with Gasteiger partial charge in [0.05, 0.1) is 13.2 Å². The van der Waals surface area contributed by atoms with Crippen molar-refractivity contribution in [1.82, 2.24) is 15.6 Å². The molecular weight excluding hydrogens is 266 g/mol. The molecule has 1 N–H and O–H groups in total. The van der Waals surface area contributed by atoms with E-state index in [1.165, 1.54) is 5.56 Å². The first-order valence-corrected chi connectivity index (χ1v) is 7.17. The molecule has 0 spiro atoms. The SMILES string of the molecule is Cc1nonc1COCC(C)(C)CNCc1ccccc1. The summed E-state index contributed by atoms with van der Waals surface area (Å²) >= 11 is 0. The van der Waals surface area contributed by atoms with Crippen LogP contribution in [0.15, 0.2) is 35.0 Å². The highest BCUT2D eigenvalue weighted by molar-refractivity contribution is 5.14. The van der Waals surface area contributed by atoms with Gasteiger partial charge in [0.1, 0.15) is 11.4 Å². The Balaban J connectivity index is 1.68. The molecule has 114 valence electrons. The molecule has 0 bridgehead atoms. The molecule has 5 heteroatoms. The van der Waals surface area contributed by atoms with E-state index in [4.69, 9.17) is 4.74 Å². The van der Waals surface area contributed by atoms with Gasteiger partial charge < -0.3 is 10.1 Å². The summed E-state index contributed by atoms with van der Waals surface area (Å²) in [6.45, 7) is 9.08. The van der Waals surface area contributed by atoms with E-state index in [9.17, 15) is 0 Å². The second kappa shape index (κ2) is 7.33. The Hall–Kier alpha value is -1.72. The van der Waals surface area contributed by atoms with Gasteiger partial charge in [-0.1, -0.05) is 54.5 Å². The maximum Gasteiger partial charge on any atom is 0.133 e. The number of aromatic nitrogens is 2. The Bertz CT molecular complexity index is 537. The van der Waals surface area contributed by atoms with Crippen LogP contribution in [0.25, 0.3) is 0 Å². The molecule has 2 rings (SSSR count). The zero-order valence-corrected chi connectivity index (χ0v) is 12.9. The number of ether oxygens (including phenoxy) is 1. The third-order valence-electron chi connectivity index (χ3n) is 3.25. The van der Waals surface area contributed by atoms with Crippen molar-refractivity contribution in [3.8, 4) is 0 Å². The van der Waals surface area contributed by atoms with Crippen LogP contribution in [0.1, 0.15) is 30.8 Å². The van der Waals surface area contributed by atoms with E-state index >= 15 is 0 Å². The molecule has 0 aliphatic heterocycles. The Kier molecular flexibility index (Phi) is 5.47. The minimum atomic E-state index is 0.0554. The van der Waals surface area contributed by atoms with Crippen LogP contribution in [0.4, 0.5) is 0 Å². The fraction of sp³-hybridized carbons (Fsp3) is 0.500. The molecule has 21 heavy (non-hydrogen) atoms. The predicted molar refractivity (Wildman–Crippen MR) is 80.6 cm³/mol. The largest absolute Gasteiger partial charge is 0.374 e. The Labute approximate surface area is 125 Å². The molecule has 0 fully saturated rings. The van der Waals surface area contributed by atoms with Crippen molar-refractivity contribution < 1.29 is 9.37 Å². The summed E-state index contributed by atoms with van der Waals surface area (Å²) in [5.74, 6) is 0. The zero-order valence-electron chi connectivity index (χ0n) is 12.9. The molecule has 0 saturated carbocycles. The third kappa shape index (κ3) is 5.28. The van der Waals surface area contributed by atoms with E-state index in [2.05, 4.69) is 58.4 Å². The molecule has 0 amide bonds. The number of benzene rings is 1. The van der Waals surface area contributed by atoms with Gasteiger partial charge in [0.2, 0.25) is 0 Å². The number of hydrogen-bond acceptors (Lipinski definition) is 5. The second-order valence-electron chi connectivity index (χ2n) is 6.04. The van der Waals surface area contributed by atoms with Gasteiger partial charge in [0, 0.05) is 18.5 Å². The van der Waals surface area contributed by atoms with E-state index < -0.39 is 0 Å². The van der Waals surface area contributed by atoms with Crippen LogP contribution in [0.3, 0.4) is 0 Å². The summed E-state index contributed by atoms with van der Waals surface area (Å²) in [5.41, 5.74) is 2.90.